The van der Waals surface area contributed by atoms with Crippen molar-refractivity contribution >= 4 is 60.8 Å². The molecule has 9 aromatic rings. The average Bonchev–Trinajstić information content (AvgIpc) is 3.75. The van der Waals surface area contributed by atoms with Crippen LogP contribution in [0.25, 0.3) is 60.6 Å². The van der Waals surface area contributed by atoms with Crippen LogP contribution < -0.4 is 4.90 Å². The molecule has 0 atom stereocenters. The Hall–Kier alpha value is -6.06. The van der Waals surface area contributed by atoms with Crippen molar-refractivity contribution in [1.82, 2.24) is 4.57 Å². The third-order valence-corrected chi connectivity index (χ3v) is 10.6. The van der Waals surface area contributed by atoms with E-state index in [2.05, 4.69) is 176 Å². The summed E-state index contributed by atoms with van der Waals surface area (Å²) in [6.45, 7) is 6.87. The minimum absolute atomic E-state index is 0.196. The second kappa shape index (κ2) is 10.2. The van der Waals surface area contributed by atoms with Crippen molar-refractivity contribution < 1.29 is 4.42 Å². The van der Waals surface area contributed by atoms with E-state index in [1.807, 2.05) is 6.07 Å². The van der Waals surface area contributed by atoms with E-state index in [-0.39, 0.29) is 5.41 Å². The molecule has 0 amide bonds. The molecule has 0 saturated heterocycles. The van der Waals surface area contributed by atoms with Gasteiger partial charge in [-0.1, -0.05) is 110 Å². The van der Waals surface area contributed by atoms with Crippen LogP contribution in [-0.2, 0) is 5.41 Å². The number of hydrogen-bond donors (Lipinski definition) is 0. The number of fused-ring (bicyclic) bond motifs is 9. The molecule has 0 N–H and O–H groups in total. The molecule has 0 spiro atoms. The molecule has 0 bridgehead atoms. The van der Waals surface area contributed by atoms with Gasteiger partial charge in [-0.15, -0.1) is 0 Å². The molecule has 234 valence electrons. The number of anilines is 3. The highest BCUT2D eigenvalue weighted by Crippen LogP contribution is 2.55. The summed E-state index contributed by atoms with van der Waals surface area (Å²) in [7, 11) is 0. The topological polar surface area (TPSA) is 21.3 Å². The first-order chi connectivity index (χ1) is 24.0. The molecule has 3 heteroatoms. The normalized spacial score (nSPS) is 13.4. The molecule has 2 heterocycles. The number of para-hydroxylation sites is 2. The molecular formula is C46H34N2O. The molecule has 3 nitrogen and oxygen atoms in total. The Labute approximate surface area is 285 Å². The predicted molar refractivity (Wildman–Crippen MR) is 205 cm³/mol. The third kappa shape index (κ3) is 3.96. The van der Waals surface area contributed by atoms with Crippen molar-refractivity contribution in [3.05, 3.63) is 168 Å². The van der Waals surface area contributed by atoms with Crippen LogP contribution in [-0.4, -0.2) is 4.57 Å². The number of hydrogen-bond acceptors (Lipinski definition) is 2. The SMILES string of the molecule is Cc1ccc(-n2c3ccccc3c3cc(N(c4cccc5c4C(C)(C)c4ccccc4-5)c4cccc5oc6ccccc6c45)ccc32)cc1. The molecule has 49 heavy (non-hydrogen) atoms. The zero-order valence-corrected chi connectivity index (χ0v) is 27.7. The van der Waals surface area contributed by atoms with Gasteiger partial charge in [-0.2, -0.15) is 0 Å². The fourth-order valence-corrected chi connectivity index (χ4v) is 8.43. The number of aromatic nitrogens is 1. The van der Waals surface area contributed by atoms with Crippen LogP contribution in [0.2, 0.25) is 0 Å². The van der Waals surface area contributed by atoms with Gasteiger partial charge in [-0.05, 0) is 89.8 Å². The van der Waals surface area contributed by atoms with E-state index in [1.165, 1.54) is 55.3 Å². The summed E-state index contributed by atoms with van der Waals surface area (Å²) in [6, 6.07) is 55.1. The van der Waals surface area contributed by atoms with E-state index in [0.717, 1.165) is 39.0 Å². The number of furan rings is 1. The fourth-order valence-electron chi connectivity index (χ4n) is 8.43. The lowest BCUT2D eigenvalue weighted by Crippen LogP contribution is -2.20. The molecule has 0 saturated carbocycles. The van der Waals surface area contributed by atoms with Crippen molar-refractivity contribution in [1.29, 1.82) is 0 Å². The van der Waals surface area contributed by atoms with Gasteiger partial charge in [0.15, 0.2) is 0 Å². The van der Waals surface area contributed by atoms with Crippen LogP contribution in [0.5, 0.6) is 0 Å². The molecule has 0 fully saturated rings. The Morgan fingerprint density at radius 3 is 2.10 bits per heavy atom. The second-order valence-corrected chi connectivity index (χ2v) is 13.8. The van der Waals surface area contributed by atoms with Gasteiger partial charge in [-0.3, -0.25) is 0 Å². The molecule has 0 aliphatic heterocycles. The standard InChI is InChI=1S/C46H34N2O/c1-29-22-24-30(25-23-29)47-38-17-8-5-13-33(38)36-28-31(26-27-39(36)47)48(40-18-11-21-43-44(40)35-14-6-9-20-42(35)49-43)41-19-10-15-34-32-12-4-7-16-37(32)46(2,3)45(34)41/h4-28H,1-3H3. The van der Waals surface area contributed by atoms with Crippen molar-refractivity contribution in [2.45, 2.75) is 26.2 Å². The summed E-state index contributed by atoms with van der Waals surface area (Å²) in [5, 5.41) is 4.69. The number of rotatable bonds is 4. The zero-order valence-electron chi connectivity index (χ0n) is 27.7. The van der Waals surface area contributed by atoms with Crippen LogP contribution in [0, 0.1) is 6.92 Å². The first-order valence-electron chi connectivity index (χ1n) is 17.0. The number of benzene rings is 7. The summed E-state index contributed by atoms with van der Waals surface area (Å²) in [6.07, 6.45) is 0. The van der Waals surface area contributed by atoms with E-state index in [0.29, 0.717) is 0 Å². The van der Waals surface area contributed by atoms with Crippen LogP contribution in [0.1, 0.15) is 30.5 Å². The minimum Gasteiger partial charge on any atom is -0.456 e. The number of nitrogens with zero attached hydrogens (tertiary/aromatic N) is 2. The average molecular weight is 631 g/mol. The van der Waals surface area contributed by atoms with E-state index in [4.69, 9.17) is 4.42 Å². The molecule has 1 aliphatic rings. The van der Waals surface area contributed by atoms with Gasteiger partial charge in [0.25, 0.3) is 0 Å². The molecule has 2 aromatic heterocycles. The molecular weight excluding hydrogens is 597 g/mol. The lowest BCUT2D eigenvalue weighted by Gasteiger charge is -2.32. The lowest BCUT2D eigenvalue weighted by atomic mass is 9.81. The Bertz CT molecular complexity index is 2760. The summed E-state index contributed by atoms with van der Waals surface area (Å²) in [4.78, 5) is 2.48. The quantitative estimate of drug-likeness (QED) is 0.193. The largest absolute Gasteiger partial charge is 0.456 e. The van der Waals surface area contributed by atoms with Gasteiger partial charge >= 0.3 is 0 Å². The van der Waals surface area contributed by atoms with Gasteiger partial charge in [0.05, 0.1) is 27.8 Å². The van der Waals surface area contributed by atoms with Crippen molar-refractivity contribution in [2.75, 3.05) is 4.90 Å². The maximum atomic E-state index is 6.46. The van der Waals surface area contributed by atoms with Gasteiger partial charge in [0.1, 0.15) is 11.2 Å². The van der Waals surface area contributed by atoms with Crippen LogP contribution in [0.3, 0.4) is 0 Å². The Morgan fingerprint density at radius 2 is 1.22 bits per heavy atom. The van der Waals surface area contributed by atoms with Gasteiger partial charge < -0.3 is 13.9 Å². The van der Waals surface area contributed by atoms with Crippen LogP contribution in [0.15, 0.2) is 156 Å². The molecule has 0 unspecified atom stereocenters. The Morgan fingerprint density at radius 1 is 0.551 bits per heavy atom. The second-order valence-electron chi connectivity index (χ2n) is 13.8. The van der Waals surface area contributed by atoms with Crippen molar-refractivity contribution in [3.63, 3.8) is 0 Å². The maximum absolute atomic E-state index is 6.46. The van der Waals surface area contributed by atoms with Crippen molar-refractivity contribution in [2.24, 2.45) is 0 Å². The first-order valence-corrected chi connectivity index (χ1v) is 17.0. The van der Waals surface area contributed by atoms with Gasteiger partial charge in [-0.25, -0.2) is 0 Å². The molecule has 1 aliphatic carbocycles. The summed E-state index contributed by atoms with van der Waals surface area (Å²) >= 11 is 0. The van der Waals surface area contributed by atoms with Crippen LogP contribution >= 0.6 is 0 Å². The first kappa shape index (κ1) is 28.0. The van der Waals surface area contributed by atoms with Gasteiger partial charge in [0.2, 0.25) is 0 Å². The van der Waals surface area contributed by atoms with E-state index in [9.17, 15) is 0 Å². The molecule has 0 radical (unpaired) electrons. The Kier molecular flexibility index (Phi) is 5.84. The highest BCUT2D eigenvalue weighted by atomic mass is 16.3. The fraction of sp³-hybridized carbons (Fsp3) is 0.0870. The smallest absolute Gasteiger partial charge is 0.137 e. The van der Waals surface area contributed by atoms with E-state index >= 15 is 0 Å². The highest BCUT2D eigenvalue weighted by Gasteiger charge is 2.39. The predicted octanol–water partition coefficient (Wildman–Crippen LogP) is 12.8. The highest BCUT2D eigenvalue weighted by molar-refractivity contribution is 6.15. The molecule has 10 rings (SSSR count). The van der Waals surface area contributed by atoms with Crippen molar-refractivity contribution in [3.8, 4) is 16.8 Å². The van der Waals surface area contributed by atoms with E-state index in [1.54, 1.807) is 0 Å². The van der Waals surface area contributed by atoms with Gasteiger partial charge in [0, 0.05) is 32.9 Å². The maximum Gasteiger partial charge on any atom is 0.137 e. The monoisotopic (exact) mass is 630 g/mol. The van der Waals surface area contributed by atoms with Crippen LogP contribution in [0.4, 0.5) is 17.1 Å². The molecule has 7 aromatic carbocycles. The summed E-state index contributed by atoms with van der Waals surface area (Å²) < 4.78 is 8.85. The minimum atomic E-state index is -0.196. The number of aryl methyl sites for hydroxylation is 1. The summed E-state index contributed by atoms with van der Waals surface area (Å²) in [5.41, 5.74) is 15.1. The van der Waals surface area contributed by atoms with E-state index < -0.39 is 0 Å². The summed E-state index contributed by atoms with van der Waals surface area (Å²) in [5.74, 6) is 0. The Balaban J connectivity index is 1.30. The zero-order chi connectivity index (χ0) is 32.9. The lowest BCUT2D eigenvalue weighted by molar-refractivity contribution is 0.661. The third-order valence-electron chi connectivity index (χ3n) is 10.6.